The molecule has 0 spiro atoms. The van der Waals surface area contributed by atoms with Crippen LogP contribution in [0.15, 0.2) is 41.3 Å². The Bertz CT molecular complexity index is 694. The van der Waals surface area contributed by atoms with Crippen LogP contribution in [0.25, 0.3) is 11.3 Å². The Labute approximate surface area is 123 Å². The van der Waals surface area contributed by atoms with E-state index < -0.39 is 10.2 Å². The van der Waals surface area contributed by atoms with Crippen molar-refractivity contribution >= 4 is 15.9 Å². The molecular formula is C13H16N4O3S. The Kier molecular flexibility index (Phi) is 3.91. The van der Waals surface area contributed by atoms with Crippen LogP contribution >= 0.6 is 0 Å². The van der Waals surface area contributed by atoms with Crippen LogP contribution in [-0.4, -0.2) is 43.9 Å². The highest BCUT2D eigenvalue weighted by atomic mass is 32.2. The molecule has 2 N–H and O–H groups in total. The van der Waals surface area contributed by atoms with Gasteiger partial charge in [-0.2, -0.15) is 12.7 Å². The number of rotatable bonds is 4. The van der Waals surface area contributed by atoms with E-state index in [1.54, 1.807) is 24.4 Å². The highest BCUT2D eigenvalue weighted by molar-refractivity contribution is 7.90. The molecule has 0 atom stereocenters. The lowest BCUT2D eigenvalue weighted by Gasteiger charge is -2.26. The Morgan fingerprint density at radius 3 is 2.81 bits per heavy atom. The topological polar surface area (TPSA) is 87.5 Å². The van der Waals surface area contributed by atoms with Gasteiger partial charge in [0.25, 0.3) is 0 Å². The summed E-state index contributed by atoms with van der Waals surface area (Å²) in [4.78, 5) is 3.86. The van der Waals surface area contributed by atoms with E-state index in [0.29, 0.717) is 37.6 Å². The third kappa shape index (κ3) is 3.23. The van der Waals surface area contributed by atoms with Crippen molar-refractivity contribution in [3.8, 4) is 11.3 Å². The second kappa shape index (κ2) is 5.84. The van der Waals surface area contributed by atoms with Crippen molar-refractivity contribution in [3.05, 3.63) is 36.9 Å². The smallest absolute Gasteiger partial charge is 0.301 e. The first-order valence-corrected chi connectivity index (χ1v) is 8.07. The molecule has 0 saturated carbocycles. The normalized spacial score (nSPS) is 16.8. The number of nitrogens with zero attached hydrogens (tertiary/aromatic N) is 2. The zero-order valence-corrected chi connectivity index (χ0v) is 12.1. The summed E-state index contributed by atoms with van der Waals surface area (Å²) < 4.78 is 33.9. The Hall–Kier alpha value is -1.90. The molecule has 2 aromatic rings. The summed E-state index contributed by atoms with van der Waals surface area (Å²) in [7, 11) is -3.52. The summed E-state index contributed by atoms with van der Waals surface area (Å²) in [5.74, 6) is 0.596. The average Bonchev–Trinajstić information content (AvgIpc) is 3.02. The van der Waals surface area contributed by atoms with Gasteiger partial charge in [0.1, 0.15) is 0 Å². The lowest BCUT2D eigenvalue weighted by Crippen LogP contribution is -2.48. The zero-order chi connectivity index (χ0) is 14.7. The van der Waals surface area contributed by atoms with Crippen LogP contribution in [-0.2, 0) is 10.2 Å². The summed E-state index contributed by atoms with van der Waals surface area (Å²) in [5.41, 5.74) is 1.27. The molecular weight excluding hydrogens is 292 g/mol. The number of anilines is 1. The molecule has 3 rings (SSSR count). The number of nitrogens with one attached hydrogen (secondary N) is 2. The molecule has 21 heavy (non-hydrogen) atoms. The molecule has 1 aliphatic heterocycles. The number of oxazole rings is 1. The largest absolute Gasteiger partial charge is 0.444 e. The van der Waals surface area contributed by atoms with E-state index in [1.807, 2.05) is 6.07 Å². The molecule has 0 unspecified atom stereocenters. The molecule has 1 aromatic heterocycles. The first-order chi connectivity index (χ1) is 10.1. The Morgan fingerprint density at radius 2 is 2.10 bits per heavy atom. The fourth-order valence-corrected chi connectivity index (χ4v) is 3.41. The molecule has 1 aromatic carbocycles. The first-order valence-electron chi connectivity index (χ1n) is 6.63. The van der Waals surface area contributed by atoms with Crippen LogP contribution in [0.2, 0.25) is 0 Å². The van der Waals surface area contributed by atoms with Gasteiger partial charge in [-0.3, -0.25) is 4.72 Å². The molecule has 0 radical (unpaired) electrons. The van der Waals surface area contributed by atoms with Crippen LogP contribution in [0.3, 0.4) is 0 Å². The van der Waals surface area contributed by atoms with Crippen LogP contribution in [0.5, 0.6) is 0 Å². The minimum absolute atomic E-state index is 0.469. The van der Waals surface area contributed by atoms with Crippen molar-refractivity contribution < 1.29 is 12.8 Å². The van der Waals surface area contributed by atoms with Gasteiger partial charge in [-0.15, -0.1) is 0 Å². The zero-order valence-electron chi connectivity index (χ0n) is 11.3. The van der Waals surface area contributed by atoms with E-state index in [1.165, 1.54) is 10.7 Å². The summed E-state index contributed by atoms with van der Waals surface area (Å²) in [6.07, 6.45) is 2.93. The molecule has 1 fully saturated rings. The number of hydrogen-bond acceptors (Lipinski definition) is 5. The summed E-state index contributed by atoms with van der Waals surface area (Å²) in [6, 6.07) is 7.04. The van der Waals surface area contributed by atoms with Crippen LogP contribution in [0.4, 0.5) is 5.69 Å². The third-order valence-electron chi connectivity index (χ3n) is 3.24. The molecule has 2 heterocycles. The molecule has 0 bridgehead atoms. The lowest BCUT2D eigenvalue weighted by atomic mass is 10.2. The van der Waals surface area contributed by atoms with Gasteiger partial charge in [0.15, 0.2) is 12.2 Å². The van der Waals surface area contributed by atoms with Gasteiger partial charge in [-0.25, -0.2) is 4.98 Å². The predicted octanol–water partition coefficient (Wildman–Crippen LogP) is 0.903. The van der Waals surface area contributed by atoms with Gasteiger partial charge >= 0.3 is 10.2 Å². The van der Waals surface area contributed by atoms with Gasteiger partial charge in [-0.1, -0.05) is 12.1 Å². The predicted molar refractivity (Wildman–Crippen MR) is 78.9 cm³/mol. The number of piperazine rings is 1. The molecule has 7 nitrogen and oxygen atoms in total. The van der Waals surface area contributed by atoms with Gasteiger partial charge < -0.3 is 9.73 Å². The van der Waals surface area contributed by atoms with Gasteiger partial charge in [0, 0.05) is 31.7 Å². The molecule has 1 saturated heterocycles. The molecule has 0 aliphatic carbocycles. The van der Waals surface area contributed by atoms with Crippen molar-refractivity contribution in [1.82, 2.24) is 14.6 Å². The van der Waals surface area contributed by atoms with Crippen molar-refractivity contribution in [3.63, 3.8) is 0 Å². The fraction of sp³-hybridized carbons (Fsp3) is 0.308. The summed E-state index contributed by atoms with van der Waals surface area (Å²) >= 11 is 0. The van der Waals surface area contributed by atoms with Crippen LogP contribution in [0, 0.1) is 0 Å². The number of benzene rings is 1. The number of aromatic nitrogens is 1. The highest BCUT2D eigenvalue weighted by Gasteiger charge is 2.23. The molecule has 0 amide bonds. The second-order valence-electron chi connectivity index (χ2n) is 4.70. The average molecular weight is 308 g/mol. The maximum atomic E-state index is 12.3. The lowest BCUT2D eigenvalue weighted by molar-refractivity contribution is 0.362. The van der Waals surface area contributed by atoms with Gasteiger partial charge in [-0.05, 0) is 12.1 Å². The quantitative estimate of drug-likeness (QED) is 0.876. The highest BCUT2D eigenvalue weighted by Crippen LogP contribution is 2.23. The minimum atomic E-state index is -3.52. The second-order valence-corrected chi connectivity index (χ2v) is 6.37. The summed E-state index contributed by atoms with van der Waals surface area (Å²) in [6.45, 7) is 2.27. The van der Waals surface area contributed by atoms with E-state index in [9.17, 15) is 8.42 Å². The first kappa shape index (κ1) is 14.1. The number of hydrogen-bond donors (Lipinski definition) is 2. The van der Waals surface area contributed by atoms with E-state index in [4.69, 9.17) is 4.42 Å². The van der Waals surface area contributed by atoms with Crippen molar-refractivity contribution in [2.24, 2.45) is 0 Å². The monoisotopic (exact) mass is 308 g/mol. The van der Waals surface area contributed by atoms with Crippen molar-refractivity contribution in [2.75, 3.05) is 30.9 Å². The van der Waals surface area contributed by atoms with Gasteiger partial charge in [0.05, 0.1) is 11.9 Å². The van der Waals surface area contributed by atoms with E-state index in [-0.39, 0.29) is 0 Å². The van der Waals surface area contributed by atoms with E-state index in [0.717, 1.165) is 5.56 Å². The maximum Gasteiger partial charge on any atom is 0.301 e. The van der Waals surface area contributed by atoms with Crippen molar-refractivity contribution in [1.29, 1.82) is 0 Å². The standard InChI is InChI=1S/C13H16N4O3S/c18-21(19,17-6-4-14-5-7-17)16-12-3-1-2-11(8-12)13-9-15-10-20-13/h1-3,8-10,14,16H,4-7H2. The molecule has 8 heteroatoms. The van der Waals surface area contributed by atoms with Crippen LogP contribution < -0.4 is 10.0 Å². The van der Waals surface area contributed by atoms with Crippen LogP contribution in [0.1, 0.15) is 0 Å². The molecule has 1 aliphatic rings. The Morgan fingerprint density at radius 1 is 1.29 bits per heavy atom. The van der Waals surface area contributed by atoms with E-state index >= 15 is 0 Å². The Balaban J connectivity index is 1.80. The maximum absolute atomic E-state index is 12.3. The van der Waals surface area contributed by atoms with Gasteiger partial charge in [0.2, 0.25) is 0 Å². The SMILES string of the molecule is O=S(=O)(Nc1cccc(-c2cnco2)c1)N1CCNCC1. The summed E-state index contributed by atoms with van der Waals surface area (Å²) in [5, 5.41) is 3.13. The van der Waals surface area contributed by atoms with E-state index in [2.05, 4.69) is 15.0 Å². The minimum Gasteiger partial charge on any atom is -0.444 e. The fourth-order valence-electron chi connectivity index (χ4n) is 2.19. The third-order valence-corrected chi connectivity index (χ3v) is 4.78. The molecule has 112 valence electrons. The van der Waals surface area contributed by atoms with Crippen molar-refractivity contribution in [2.45, 2.75) is 0 Å².